The largest absolute Gasteiger partial charge is 0.266 e. The molecule has 0 amide bonds. The summed E-state index contributed by atoms with van der Waals surface area (Å²) < 4.78 is 26.8. The lowest BCUT2D eigenvalue weighted by atomic mass is 9.77. The van der Waals surface area contributed by atoms with E-state index in [2.05, 4.69) is 27.9 Å². The summed E-state index contributed by atoms with van der Waals surface area (Å²) in [6, 6.07) is 3.54. The SMILES string of the molecule is CCC1CCC(C#N)(NS(=O)(=O)c2ccn[nH]2)CC1. The van der Waals surface area contributed by atoms with E-state index < -0.39 is 15.6 Å². The third-order valence-electron chi connectivity index (χ3n) is 3.84. The van der Waals surface area contributed by atoms with Crippen molar-refractivity contribution in [1.82, 2.24) is 14.9 Å². The first-order chi connectivity index (χ1) is 9.01. The minimum atomic E-state index is -3.70. The number of aromatic amines is 1. The molecule has 1 aliphatic carbocycles. The van der Waals surface area contributed by atoms with Crippen molar-refractivity contribution in [1.29, 1.82) is 5.26 Å². The Hall–Kier alpha value is -1.39. The first kappa shape index (κ1) is 14.0. The Labute approximate surface area is 113 Å². The molecule has 19 heavy (non-hydrogen) atoms. The summed E-state index contributed by atoms with van der Waals surface area (Å²) in [5.41, 5.74) is -0.977. The predicted molar refractivity (Wildman–Crippen MR) is 69.5 cm³/mol. The molecule has 7 heteroatoms. The van der Waals surface area contributed by atoms with E-state index in [1.807, 2.05) is 0 Å². The molecular formula is C12H18N4O2S. The Morgan fingerprint density at radius 2 is 2.26 bits per heavy atom. The topological polar surface area (TPSA) is 98.6 Å². The van der Waals surface area contributed by atoms with E-state index in [9.17, 15) is 13.7 Å². The van der Waals surface area contributed by atoms with Crippen LogP contribution in [0.25, 0.3) is 0 Å². The van der Waals surface area contributed by atoms with Crippen LogP contribution in [0, 0.1) is 17.2 Å². The van der Waals surface area contributed by atoms with Crippen LogP contribution in [0.1, 0.15) is 39.0 Å². The Kier molecular flexibility index (Phi) is 3.92. The van der Waals surface area contributed by atoms with Gasteiger partial charge >= 0.3 is 0 Å². The molecule has 0 unspecified atom stereocenters. The van der Waals surface area contributed by atoms with E-state index in [4.69, 9.17) is 0 Å². The highest BCUT2D eigenvalue weighted by Crippen LogP contribution is 2.34. The summed E-state index contributed by atoms with van der Waals surface area (Å²) in [7, 11) is -3.70. The zero-order chi connectivity index (χ0) is 13.9. The molecule has 0 aliphatic heterocycles. The van der Waals surface area contributed by atoms with Crippen LogP contribution < -0.4 is 4.72 Å². The summed E-state index contributed by atoms with van der Waals surface area (Å²) in [6.45, 7) is 2.12. The van der Waals surface area contributed by atoms with E-state index >= 15 is 0 Å². The molecule has 1 aromatic heterocycles. The number of rotatable bonds is 4. The van der Waals surface area contributed by atoms with Crippen LogP contribution in [0.15, 0.2) is 17.3 Å². The Morgan fingerprint density at radius 3 is 2.74 bits per heavy atom. The highest BCUT2D eigenvalue weighted by atomic mass is 32.2. The van der Waals surface area contributed by atoms with Gasteiger partial charge in [-0.05, 0) is 37.7 Å². The van der Waals surface area contributed by atoms with Gasteiger partial charge in [0, 0.05) is 0 Å². The van der Waals surface area contributed by atoms with E-state index in [0.717, 1.165) is 19.3 Å². The maximum Gasteiger partial charge on any atom is 0.258 e. The van der Waals surface area contributed by atoms with Gasteiger partial charge in [-0.3, -0.25) is 5.10 Å². The lowest BCUT2D eigenvalue weighted by Gasteiger charge is -2.34. The second-order valence-electron chi connectivity index (χ2n) is 5.07. The van der Waals surface area contributed by atoms with Gasteiger partial charge in [0.1, 0.15) is 5.54 Å². The number of H-pyrrole nitrogens is 1. The first-order valence-corrected chi connectivity index (χ1v) is 7.94. The van der Waals surface area contributed by atoms with Gasteiger partial charge in [0.25, 0.3) is 10.0 Å². The number of nitrogens with one attached hydrogen (secondary N) is 2. The van der Waals surface area contributed by atoms with Crippen molar-refractivity contribution in [3.63, 3.8) is 0 Å². The zero-order valence-electron chi connectivity index (χ0n) is 10.9. The van der Waals surface area contributed by atoms with Crippen molar-refractivity contribution < 1.29 is 8.42 Å². The summed E-state index contributed by atoms with van der Waals surface area (Å²) in [5.74, 6) is 0.595. The van der Waals surface area contributed by atoms with E-state index in [0.29, 0.717) is 18.8 Å². The van der Waals surface area contributed by atoms with Gasteiger partial charge in [-0.15, -0.1) is 0 Å². The second-order valence-corrected chi connectivity index (χ2v) is 6.72. The summed E-state index contributed by atoms with van der Waals surface area (Å²) in [5, 5.41) is 15.4. The molecule has 0 saturated heterocycles. The zero-order valence-corrected chi connectivity index (χ0v) is 11.7. The van der Waals surface area contributed by atoms with E-state index in [-0.39, 0.29) is 5.03 Å². The molecule has 0 radical (unpaired) electrons. The van der Waals surface area contributed by atoms with Gasteiger partial charge < -0.3 is 0 Å². The Balaban J connectivity index is 2.15. The van der Waals surface area contributed by atoms with Gasteiger partial charge in [-0.1, -0.05) is 13.3 Å². The third kappa shape index (κ3) is 2.96. The average molecular weight is 282 g/mol. The maximum absolute atomic E-state index is 12.1. The molecule has 1 fully saturated rings. The molecule has 0 aromatic carbocycles. The van der Waals surface area contributed by atoms with Crippen LogP contribution in [0.5, 0.6) is 0 Å². The second kappa shape index (κ2) is 5.31. The van der Waals surface area contributed by atoms with E-state index in [1.54, 1.807) is 0 Å². The summed E-state index contributed by atoms with van der Waals surface area (Å²) in [6.07, 6.45) is 5.35. The minimum Gasteiger partial charge on any atom is -0.266 e. The van der Waals surface area contributed by atoms with Crippen molar-refractivity contribution in [2.24, 2.45) is 5.92 Å². The quantitative estimate of drug-likeness (QED) is 0.875. The highest BCUT2D eigenvalue weighted by Gasteiger charge is 2.39. The summed E-state index contributed by atoms with van der Waals surface area (Å²) in [4.78, 5) is 0. The lowest BCUT2D eigenvalue weighted by molar-refractivity contribution is 0.259. The summed E-state index contributed by atoms with van der Waals surface area (Å²) >= 11 is 0. The van der Waals surface area contributed by atoms with Gasteiger partial charge in [-0.25, -0.2) is 8.42 Å². The van der Waals surface area contributed by atoms with Crippen LogP contribution in [-0.4, -0.2) is 24.2 Å². The molecule has 6 nitrogen and oxygen atoms in total. The fourth-order valence-corrected chi connectivity index (χ4v) is 3.81. The number of hydrogen-bond donors (Lipinski definition) is 2. The molecule has 2 N–H and O–H groups in total. The first-order valence-electron chi connectivity index (χ1n) is 6.46. The fraction of sp³-hybridized carbons (Fsp3) is 0.667. The lowest BCUT2D eigenvalue weighted by Crippen LogP contribution is -2.49. The van der Waals surface area contributed by atoms with Crippen molar-refractivity contribution in [2.45, 2.75) is 49.6 Å². The van der Waals surface area contributed by atoms with Crippen LogP contribution in [0.4, 0.5) is 0 Å². The third-order valence-corrected chi connectivity index (χ3v) is 5.31. The minimum absolute atomic E-state index is 0.000241. The number of nitrogens with zero attached hydrogens (tertiary/aromatic N) is 2. The predicted octanol–water partition coefficient (Wildman–Crippen LogP) is 1.55. The van der Waals surface area contributed by atoms with Crippen molar-refractivity contribution in [3.05, 3.63) is 12.3 Å². The molecule has 1 saturated carbocycles. The van der Waals surface area contributed by atoms with Crippen molar-refractivity contribution in [2.75, 3.05) is 0 Å². The van der Waals surface area contributed by atoms with Crippen LogP contribution in [-0.2, 0) is 10.0 Å². The number of sulfonamides is 1. The number of aromatic nitrogens is 2. The molecule has 0 bridgehead atoms. The standard InChI is InChI=1S/C12H18N4O2S/c1-2-10-3-6-12(9-13,7-4-10)16-19(17,18)11-5-8-14-15-11/h5,8,10,16H,2-4,6-7H2,1H3,(H,14,15). The van der Waals surface area contributed by atoms with Gasteiger partial charge in [-0.2, -0.15) is 15.1 Å². The molecule has 1 aromatic rings. The van der Waals surface area contributed by atoms with Gasteiger partial charge in [0.15, 0.2) is 5.03 Å². The Bertz CT molecular complexity index is 551. The highest BCUT2D eigenvalue weighted by molar-refractivity contribution is 7.89. The normalized spacial score (nSPS) is 27.9. The monoisotopic (exact) mass is 282 g/mol. The van der Waals surface area contributed by atoms with Gasteiger partial charge in [0.2, 0.25) is 0 Å². The van der Waals surface area contributed by atoms with Crippen LogP contribution in [0.2, 0.25) is 0 Å². The molecule has 104 valence electrons. The molecule has 0 spiro atoms. The van der Waals surface area contributed by atoms with Crippen molar-refractivity contribution in [3.8, 4) is 6.07 Å². The molecule has 1 heterocycles. The van der Waals surface area contributed by atoms with Gasteiger partial charge in [0.05, 0.1) is 12.3 Å². The maximum atomic E-state index is 12.1. The fourth-order valence-electron chi connectivity index (χ4n) is 2.52. The Morgan fingerprint density at radius 1 is 1.58 bits per heavy atom. The molecule has 0 atom stereocenters. The van der Waals surface area contributed by atoms with Crippen LogP contribution >= 0.6 is 0 Å². The smallest absolute Gasteiger partial charge is 0.258 e. The average Bonchev–Trinajstić information content (AvgIpc) is 2.94. The number of nitriles is 1. The van der Waals surface area contributed by atoms with E-state index in [1.165, 1.54) is 12.3 Å². The molecule has 2 rings (SSSR count). The number of hydrogen-bond acceptors (Lipinski definition) is 4. The van der Waals surface area contributed by atoms with Crippen molar-refractivity contribution >= 4 is 10.0 Å². The molecule has 1 aliphatic rings. The molecular weight excluding hydrogens is 264 g/mol. The van der Waals surface area contributed by atoms with Crippen LogP contribution in [0.3, 0.4) is 0 Å².